The van der Waals surface area contributed by atoms with Gasteiger partial charge >= 0.3 is 0 Å². The lowest BCUT2D eigenvalue weighted by atomic mass is 10.2. The maximum absolute atomic E-state index is 8.54. The van der Waals surface area contributed by atoms with E-state index in [0.717, 1.165) is 0 Å². The van der Waals surface area contributed by atoms with Crippen molar-refractivity contribution in [1.29, 1.82) is 5.26 Å². The van der Waals surface area contributed by atoms with Crippen molar-refractivity contribution in [2.75, 3.05) is 14.2 Å². The standard InChI is InChI=1S/C12H11N3O3/c1-16-9-4-3-8(7-10(9)17-2)12-14-11(5-6-13)15-18-12/h3-4,7H,5H2,1-2H3. The highest BCUT2D eigenvalue weighted by molar-refractivity contribution is 5.59. The van der Waals surface area contributed by atoms with Crippen LogP contribution in [0.2, 0.25) is 0 Å². The van der Waals surface area contributed by atoms with E-state index < -0.39 is 0 Å². The summed E-state index contributed by atoms with van der Waals surface area (Å²) in [7, 11) is 3.12. The Labute approximate surface area is 104 Å². The molecule has 6 nitrogen and oxygen atoms in total. The summed E-state index contributed by atoms with van der Waals surface area (Å²) < 4.78 is 15.4. The molecular weight excluding hydrogens is 234 g/mol. The number of ether oxygens (including phenoxy) is 2. The smallest absolute Gasteiger partial charge is 0.258 e. The molecular formula is C12H11N3O3. The Morgan fingerprint density at radius 2 is 2.06 bits per heavy atom. The number of hydrogen-bond donors (Lipinski definition) is 0. The topological polar surface area (TPSA) is 81.2 Å². The third kappa shape index (κ3) is 2.25. The van der Waals surface area contributed by atoms with Crippen LogP contribution in [0, 0.1) is 11.3 Å². The second kappa shape index (κ2) is 5.19. The fourth-order valence-electron chi connectivity index (χ4n) is 1.48. The minimum atomic E-state index is 0.122. The van der Waals surface area contributed by atoms with Crippen LogP contribution in [0.25, 0.3) is 11.5 Å². The molecule has 0 bridgehead atoms. The van der Waals surface area contributed by atoms with Crippen LogP contribution in [-0.2, 0) is 6.42 Å². The summed E-state index contributed by atoms with van der Waals surface area (Å²) in [6.45, 7) is 0. The molecule has 0 N–H and O–H groups in total. The van der Waals surface area contributed by atoms with E-state index in [4.69, 9.17) is 19.3 Å². The van der Waals surface area contributed by atoms with Crippen molar-refractivity contribution in [3.05, 3.63) is 24.0 Å². The molecule has 0 amide bonds. The zero-order valence-electron chi connectivity index (χ0n) is 10.0. The van der Waals surface area contributed by atoms with Crippen LogP contribution < -0.4 is 9.47 Å². The highest BCUT2D eigenvalue weighted by Crippen LogP contribution is 2.31. The van der Waals surface area contributed by atoms with Gasteiger partial charge in [-0.3, -0.25) is 0 Å². The van der Waals surface area contributed by atoms with Gasteiger partial charge < -0.3 is 14.0 Å². The number of benzene rings is 1. The Kier molecular flexibility index (Phi) is 3.44. The Hall–Kier alpha value is -2.55. The number of nitriles is 1. The summed E-state index contributed by atoms with van der Waals surface area (Å²) in [6.07, 6.45) is 0.122. The van der Waals surface area contributed by atoms with E-state index in [0.29, 0.717) is 28.8 Å². The summed E-state index contributed by atoms with van der Waals surface area (Å²) in [5.41, 5.74) is 0.712. The van der Waals surface area contributed by atoms with Crippen LogP contribution in [0.15, 0.2) is 22.7 Å². The fourth-order valence-corrected chi connectivity index (χ4v) is 1.48. The zero-order chi connectivity index (χ0) is 13.0. The average molecular weight is 245 g/mol. The number of hydrogen-bond acceptors (Lipinski definition) is 6. The van der Waals surface area contributed by atoms with E-state index in [1.807, 2.05) is 6.07 Å². The van der Waals surface area contributed by atoms with Gasteiger partial charge in [-0.15, -0.1) is 0 Å². The molecule has 1 aromatic heterocycles. The number of nitrogens with zero attached hydrogens (tertiary/aromatic N) is 3. The molecule has 0 aliphatic carbocycles. The molecule has 0 atom stereocenters. The van der Waals surface area contributed by atoms with Crippen LogP contribution in [0.3, 0.4) is 0 Å². The summed E-state index contributed by atoms with van der Waals surface area (Å²) in [6, 6.07) is 7.23. The Bertz CT molecular complexity index is 586. The molecule has 1 aromatic carbocycles. The predicted molar refractivity (Wildman–Crippen MR) is 62.2 cm³/mol. The van der Waals surface area contributed by atoms with E-state index in [9.17, 15) is 0 Å². The fraction of sp³-hybridized carbons (Fsp3) is 0.250. The van der Waals surface area contributed by atoms with E-state index >= 15 is 0 Å². The number of rotatable bonds is 4. The average Bonchev–Trinajstić information content (AvgIpc) is 2.87. The van der Waals surface area contributed by atoms with Crippen LogP contribution in [0.5, 0.6) is 11.5 Å². The van der Waals surface area contributed by atoms with Gasteiger partial charge in [-0.05, 0) is 18.2 Å². The van der Waals surface area contributed by atoms with Crippen LogP contribution in [-0.4, -0.2) is 24.4 Å². The molecule has 6 heteroatoms. The van der Waals surface area contributed by atoms with Crippen molar-refractivity contribution >= 4 is 0 Å². The first-order chi connectivity index (χ1) is 8.78. The third-order valence-electron chi connectivity index (χ3n) is 2.34. The molecule has 18 heavy (non-hydrogen) atoms. The van der Waals surface area contributed by atoms with Crippen molar-refractivity contribution in [3.63, 3.8) is 0 Å². The molecule has 0 saturated carbocycles. The van der Waals surface area contributed by atoms with Crippen molar-refractivity contribution in [2.45, 2.75) is 6.42 Å². The monoisotopic (exact) mass is 245 g/mol. The molecule has 0 spiro atoms. The molecule has 0 aliphatic heterocycles. The van der Waals surface area contributed by atoms with Gasteiger partial charge in [0.1, 0.15) is 0 Å². The predicted octanol–water partition coefficient (Wildman–Crippen LogP) is 1.82. The van der Waals surface area contributed by atoms with Crippen LogP contribution >= 0.6 is 0 Å². The maximum Gasteiger partial charge on any atom is 0.258 e. The molecule has 2 rings (SSSR count). The van der Waals surface area contributed by atoms with Crippen LogP contribution in [0.4, 0.5) is 0 Å². The Morgan fingerprint density at radius 1 is 1.28 bits per heavy atom. The van der Waals surface area contributed by atoms with E-state index in [2.05, 4.69) is 10.1 Å². The first kappa shape index (κ1) is 11.9. The minimum Gasteiger partial charge on any atom is -0.493 e. The number of methoxy groups -OCH3 is 2. The third-order valence-corrected chi connectivity index (χ3v) is 2.34. The number of aromatic nitrogens is 2. The summed E-state index contributed by atoms with van der Waals surface area (Å²) in [4.78, 5) is 4.10. The zero-order valence-corrected chi connectivity index (χ0v) is 10.0. The Morgan fingerprint density at radius 3 is 2.72 bits per heavy atom. The van der Waals surface area contributed by atoms with Gasteiger partial charge in [0.05, 0.1) is 26.7 Å². The normalized spacial score (nSPS) is 9.83. The summed E-state index contributed by atoms with van der Waals surface area (Å²) in [5.74, 6) is 1.91. The van der Waals surface area contributed by atoms with Gasteiger partial charge in [0, 0.05) is 5.56 Å². The maximum atomic E-state index is 8.54. The Balaban J connectivity index is 2.35. The summed E-state index contributed by atoms with van der Waals surface area (Å²) >= 11 is 0. The van der Waals surface area contributed by atoms with Crippen molar-refractivity contribution in [2.24, 2.45) is 0 Å². The van der Waals surface area contributed by atoms with Gasteiger partial charge in [0.25, 0.3) is 5.89 Å². The summed E-state index contributed by atoms with van der Waals surface area (Å²) in [5, 5.41) is 12.2. The van der Waals surface area contributed by atoms with E-state index in [1.165, 1.54) is 0 Å². The van der Waals surface area contributed by atoms with Gasteiger partial charge in [0.15, 0.2) is 17.3 Å². The second-order valence-electron chi connectivity index (χ2n) is 3.42. The van der Waals surface area contributed by atoms with Crippen LogP contribution in [0.1, 0.15) is 5.82 Å². The first-order valence-corrected chi connectivity index (χ1v) is 5.20. The minimum absolute atomic E-state index is 0.122. The quantitative estimate of drug-likeness (QED) is 0.817. The van der Waals surface area contributed by atoms with Gasteiger partial charge in [-0.1, -0.05) is 5.16 Å². The molecule has 0 fully saturated rings. The van der Waals surface area contributed by atoms with Crippen molar-refractivity contribution < 1.29 is 14.0 Å². The highest BCUT2D eigenvalue weighted by Gasteiger charge is 2.11. The van der Waals surface area contributed by atoms with E-state index in [-0.39, 0.29) is 6.42 Å². The van der Waals surface area contributed by atoms with Crippen molar-refractivity contribution in [1.82, 2.24) is 10.1 Å². The molecule has 92 valence electrons. The lowest BCUT2D eigenvalue weighted by Crippen LogP contribution is -1.91. The SMILES string of the molecule is COc1ccc(-c2nc(CC#N)no2)cc1OC. The molecule has 0 saturated heterocycles. The lowest BCUT2D eigenvalue weighted by Gasteiger charge is -2.07. The van der Waals surface area contributed by atoms with Crippen molar-refractivity contribution in [3.8, 4) is 29.0 Å². The highest BCUT2D eigenvalue weighted by atomic mass is 16.5. The second-order valence-corrected chi connectivity index (χ2v) is 3.42. The van der Waals surface area contributed by atoms with E-state index in [1.54, 1.807) is 32.4 Å². The molecule has 1 heterocycles. The molecule has 0 radical (unpaired) electrons. The first-order valence-electron chi connectivity index (χ1n) is 5.20. The van der Waals surface area contributed by atoms with Gasteiger partial charge in [0.2, 0.25) is 0 Å². The molecule has 2 aromatic rings. The largest absolute Gasteiger partial charge is 0.493 e. The van der Waals surface area contributed by atoms with Gasteiger partial charge in [-0.2, -0.15) is 10.2 Å². The molecule has 0 aliphatic rings. The van der Waals surface area contributed by atoms with Gasteiger partial charge in [-0.25, -0.2) is 0 Å². The molecule has 0 unspecified atom stereocenters. The lowest BCUT2D eigenvalue weighted by molar-refractivity contribution is 0.355.